The molecule has 1 saturated carbocycles. The lowest BCUT2D eigenvalue weighted by Gasteiger charge is -2.31. The second kappa shape index (κ2) is 6.06. The van der Waals surface area contributed by atoms with E-state index in [0.29, 0.717) is 12.5 Å². The molecular weight excluding hydrogens is 264 g/mol. The number of carbonyl (C=O) groups excluding carboxylic acids is 1. The molecule has 116 valence electrons. The number of ether oxygens (including phenoxy) is 1. The summed E-state index contributed by atoms with van der Waals surface area (Å²) in [4.78, 5) is 11.8. The Kier molecular flexibility index (Phi) is 4.57. The number of benzene rings is 1. The summed E-state index contributed by atoms with van der Waals surface area (Å²) in [5.74, 6) is 0.562. The van der Waals surface area contributed by atoms with Crippen molar-refractivity contribution in [1.82, 2.24) is 5.32 Å². The summed E-state index contributed by atoms with van der Waals surface area (Å²) in [7, 11) is 0. The number of nitrogens with one attached hydrogen (secondary N) is 1. The molecule has 4 heteroatoms. The molecule has 2 atom stereocenters. The van der Waals surface area contributed by atoms with Crippen molar-refractivity contribution >= 4 is 5.91 Å². The van der Waals surface area contributed by atoms with Gasteiger partial charge in [-0.25, -0.2) is 0 Å². The maximum absolute atomic E-state index is 11.8. The zero-order valence-corrected chi connectivity index (χ0v) is 13.4. The van der Waals surface area contributed by atoms with Crippen LogP contribution in [0.5, 0.6) is 5.75 Å². The van der Waals surface area contributed by atoms with Gasteiger partial charge in [-0.05, 0) is 57.7 Å². The molecule has 0 heterocycles. The van der Waals surface area contributed by atoms with Gasteiger partial charge in [0.25, 0.3) is 0 Å². The van der Waals surface area contributed by atoms with Crippen LogP contribution in [0.3, 0.4) is 0 Å². The van der Waals surface area contributed by atoms with Crippen LogP contribution in [-0.4, -0.2) is 23.6 Å². The predicted molar refractivity (Wildman–Crippen MR) is 84.4 cm³/mol. The lowest BCUT2D eigenvalue weighted by molar-refractivity contribution is -0.124. The van der Waals surface area contributed by atoms with Gasteiger partial charge in [0.15, 0.2) is 0 Å². The average Bonchev–Trinajstić information content (AvgIpc) is 3.17. The van der Waals surface area contributed by atoms with E-state index in [9.17, 15) is 4.79 Å². The zero-order chi connectivity index (χ0) is 15.6. The first-order chi connectivity index (χ1) is 9.80. The van der Waals surface area contributed by atoms with E-state index in [0.717, 1.165) is 29.7 Å². The number of primary amides is 1. The topological polar surface area (TPSA) is 64.3 Å². The fraction of sp³-hybridized carbons (Fsp3) is 0.588. The Hall–Kier alpha value is -1.55. The maximum atomic E-state index is 11.8. The van der Waals surface area contributed by atoms with E-state index in [1.165, 1.54) is 0 Å². The largest absolute Gasteiger partial charge is 0.490 e. The summed E-state index contributed by atoms with van der Waals surface area (Å²) in [6.45, 7) is 7.92. The van der Waals surface area contributed by atoms with Crippen LogP contribution in [0.4, 0.5) is 0 Å². The SMILES string of the molecule is Cc1ccc(C)c(OC(C)CC(C)(NC2CC2)C(N)=O)c1. The fourth-order valence-electron chi connectivity index (χ4n) is 2.58. The van der Waals surface area contributed by atoms with E-state index in [1.807, 2.05) is 39.8 Å². The number of rotatable bonds is 7. The highest BCUT2D eigenvalue weighted by atomic mass is 16.5. The smallest absolute Gasteiger partial charge is 0.237 e. The van der Waals surface area contributed by atoms with Crippen molar-refractivity contribution in [3.05, 3.63) is 29.3 Å². The van der Waals surface area contributed by atoms with Gasteiger partial charge >= 0.3 is 0 Å². The highest BCUT2D eigenvalue weighted by molar-refractivity contribution is 5.84. The summed E-state index contributed by atoms with van der Waals surface area (Å²) in [6.07, 6.45) is 2.71. The van der Waals surface area contributed by atoms with Gasteiger partial charge in [-0.15, -0.1) is 0 Å². The van der Waals surface area contributed by atoms with E-state index < -0.39 is 5.54 Å². The van der Waals surface area contributed by atoms with Gasteiger partial charge < -0.3 is 15.8 Å². The standard InChI is InChI=1S/C17H26N2O2/c1-11-5-6-12(2)15(9-11)21-13(3)10-17(4,16(18)20)19-14-7-8-14/h5-6,9,13-14,19H,7-8,10H2,1-4H3,(H2,18,20). The summed E-state index contributed by atoms with van der Waals surface area (Å²) < 4.78 is 6.03. The summed E-state index contributed by atoms with van der Waals surface area (Å²) in [6, 6.07) is 6.57. The molecule has 0 aliphatic heterocycles. The van der Waals surface area contributed by atoms with Crippen LogP contribution in [0.25, 0.3) is 0 Å². The first-order valence-electron chi connectivity index (χ1n) is 7.61. The molecule has 4 nitrogen and oxygen atoms in total. The molecular formula is C17H26N2O2. The van der Waals surface area contributed by atoms with Crippen molar-refractivity contribution < 1.29 is 9.53 Å². The molecule has 1 aromatic carbocycles. The summed E-state index contributed by atoms with van der Waals surface area (Å²) >= 11 is 0. The van der Waals surface area contributed by atoms with E-state index >= 15 is 0 Å². The third kappa shape index (κ3) is 4.21. The molecule has 1 aliphatic rings. The second-order valence-corrected chi connectivity index (χ2v) is 6.52. The molecule has 2 unspecified atom stereocenters. The van der Waals surface area contributed by atoms with Gasteiger partial charge in [-0.2, -0.15) is 0 Å². The van der Waals surface area contributed by atoms with E-state index in [2.05, 4.69) is 11.4 Å². The van der Waals surface area contributed by atoms with Crippen LogP contribution in [0.15, 0.2) is 18.2 Å². The van der Waals surface area contributed by atoms with Crippen molar-refractivity contribution in [1.29, 1.82) is 0 Å². The predicted octanol–water partition coefficient (Wildman–Crippen LogP) is 2.46. The minimum atomic E-state index is -0.710. The van der Waals surface area contributed by atoms with E-state index in [1.54, 1.807) is 0 Å². The Morgan fingerprint density at radius 2 is 2.14 bits per heavy atom. The lowest BCUT2D eigenvalue weighted by atomic mass is 9.93. The molecule has 1 fully saturated rings. The monoisotopic (exact) mass is 290 g/mol. The normalized spacial score (nSPS) is 18.9. The molecule has 0 radical (unpaired) electrons. The summed E-state index contributed by atoms with van der Waals surface area (Å²) in [5, 5.41) is 3.35. The zero-order valence-electron chi connectivity index (χ0n) is 13.4. The summed E-state index contributed by atoms with van der Waals surface area (Å²) in [5.41, 5.74) is 7.14. The number of nitrogens with two attached hydrogens (primary N) is 1. The molecule has 3 N–H and O–H groups in total. The van der Waals surface area contributed by atoms with Crippen LogP contribution < -0.4 is 15.8 Å². The van der Waals surface area contributed by atoms with Crippen molar-refractivity contribution in [2.75, 3.05) is 0 Å². The van der Waals surface area contributed by atoms with Crippen LogP contribution in [0.2, 0.25) is 0 Å². The number of aryl methyl sites for hydroxylation is 2. The number of carbonyl (C=O) groups is 1. The second-order valence-electron chi connectivity index (χ2n) is 6.52. The maximum Gasteiger partial charge on any atom is 0.237 e. The average molecular weight is 290 g/mol. The molecule has 0 aromatic heterocycles. The fourth-order valence-corrected chi connectivity index (χ4v) is 2.58. The Bertz CT molecular complexity index is 526. The third-order valence-corrected chi connectivity index (χ3v) is 4.01. The first-order valence-corrected chi connectivity index (χ1v) is 7.61. The van der Waals surface area contributed by atoms with E-state index in [4.69, 9.17) is 10.5 Å². The minimum Gasteiger partial charge on any atom is -0.490 e. The molecule has 0 spiro atoms. The molecule has 1 aromatic rings. The van der Waals surface area contributed by atoms with Crippen LogP contribution in [0, 0.1) is 13.8 Å². The lowest BCUT2D eigenvalue weighted by Crippen LogP contribution is -2.55. The van der Waals surface area contributed by atoms with Crippen LogP contribution in [0.1, 0.15) is 44.2 Å². The third-order valence-electron chi connectivity index (χ3n) is 4.01. The number of hydrogen-bond acceptors (Lipinski definition) is 3. The molecule has 0 saturated heterocycles. The van der Waals surface area contributed by atoms with Gasteiger partial charge in [0.1, 0.15) is 5.75 Å². The van der Waals surface area contributed by atoms with Gasteiger partial charge in [0, 0.05) is 12.5 Å². The minimum absolute atomic E-state index is 0.0887. The molecule has 2 rings (SSSR count). The molecule has 1 aliphatic carbocycles. The van der Waals surface area contributed by atoms with Crippen LogP contribution in [-0.2, 0) is 4.79 Å². The molecule has 21 heavy (non-hydrogen) atoms. The van der Waals surface area contributed by atoms with Crippen molar-refractivity contribution in [2.45, 2.75) is 64.6 Å². The Morgan fingerprint density at radius 3 is 2.71 bits per heavy atom. The number of amides is 1. The Balaban J connectivity index is 2.03. The van der Waals surface area contributed by atoms with Crippen LogP contribution >= 0.6 is 0 Å². The van der Waals surface area contributed by atoms with Gasteiger partial charge in [-0.1, -0.05) is 12.1 Å². The van der Waals surface area contributed by atoms with E-state index in [-0.39, 0.29) is 12.0 Å². The highest BCUT2D eigenvalue weighted by Crippen LogP contribution is 2.27. The quantitative estimate of drug-likeness (QED) is 0.810. The van der Waals surface area contributed by atoms with Gasteiger partial charge in [0.05, 0.1) is 11.6 Å². The molecule has 0 bridgehead atoms. The van der Waals surface area contributed by atoms with Crippen molar-refractivity contribution in [3.63, 3.8) is 0 Å². The van der Waals surface area contributed by atoms with Crippen molar-refractivity contribution in [3.8, 4) is 5.75 Å². The first kappa shape index (κ1) is 15.8. The Morgan fingerprint density at radius 1 is 1.48 bits per heavy atom. The number of hydrogen-bond donors (Lipinski definition) is 2. The van der Waals surface area contributed by atoms with Gasteiger partial charge in [-0.3, -0.25) is 4.79 Å². The van der Waals surface area contributed by atoms with Gasteiger partial charge in [0.2, 0.25) is 5.91 Å². The Labute approximate surface area is 127 Å². The highest BCUT2D eigenvalue weighted by Gasteiger charge is 2.38. The van der Waals surface area contributed by atoms with Crippen molar-refractivity contribution in [2.24, 2.45) is 5.73 Å². The molecule has 1 amide bonds.